The average molecular weight is 288 g/mol. The fourth-order valence-corrected chi connectivity index (χ4v) is 3.03. The van der Waals surface area contributed by atoms with Gasteiger partial charge in [0.2, 0.25) is 0 Å². The van der Waals surface area contributed by atoms with Gasteiger partial charge in [-0.15, -0.1) is 5.10 Å². The van der Waals surface area contributed by atoms with Gasteiger partial charge in [-0.25, -0.2) is 4.98 Å². The number of fused-ring (bicyclic) bond motifs is 1. The van der Waals surface area contributed by atoms with Crippen molar-refractivity contribution in [3.05, 3.63) is 17.6 Å². The summed E-state index contributed by atoms with van der Waals surface area (Å²) in [6, 6.07) is 2.04. The van der Waals surface area contributed by atoms with E-state index in [9.17, 15) is 0 Å². The topological polar surface area (TPSA) is 49.6 Å². The first-order valence-electron chi connectivity index (χ1n) is 7.66. The van der Waals surface area contributed by atoms with Crippen molar-refractivity contribution in [2.24, 2.45) is 5.92 Å². The summed E-state index contributed by atoms with van der Waals surface area (Å²) in [5, 5.41) is 4.65. The quantitative estimate of drug-likeness (QED) is 0.861. The van der Waals surface area contributed by atoms with Gasteiger partial charge in [0.1, 0.15) is 5.82 Å². The summed E-state index contributed by atoms with van der Waals surface area (Å²) in [7, 11) is 4.03. The normalized spacial score (nSPS) is 20.1. The second-order valence-electron chi connectivity index (χ2n) is 6.37. The SMILES string of the molecule is Cc1cc(N(C)C)n2nc(CN3CCCC(C)C3)nc2n1. The Labute approximate surface area is 125 Å². The maximum absolute atomic E-state index is 4.65. The number of aryl methyl sites for hydroxylation is 1. The fraction of sp³-hybridized carbons (Fsp3) is 0.667. The molecule has 0 spiro atoms. The smallest absolute Gasteiger partial charge is 0.254 e. The highest BCUT2D eigenvalue weighted by molar-refractivity contribution is 5.46. The highest BCUT2D eigenvalue weighted by atomic mass is 15.4. The molecule has 0 aliphatic carbocycles. The summed E-state index contributed by atoms with van der Waals surface area (Å²) in [4.78, 5) is 13.6. The van der Waals surface area contributed by atoms with Crippen LogP contribution in [0, 0.1) is 12.8 Å². The van der Waals surface area contributed by atoms with E-state index >= 15 is 0 Å². The molecule has 1 unspecified atom stereocenters. The number of nitrogens with zero attached hydrogens (tertiary/aromatic N) is 6. The minimum absolute atomic E-state index is 0.693. The molecule has 1 aliphatic heterocycles. The van der Waals surface area contributed by atoms with Crippen LogP contribution >= 0.6 is 0 Å². The molecule has 0 radical (unpaired) electrons. The van der Waals surface area contributed by atoms with E-state index < -0.39 is 0 Å². The van der Waals surface area contributed by atoms with Crippen molar-refractivity contribution < 1.29 is 0 Å². The van der Waals surface area contributed by atoms with E-state index in [1.54, 1.807) is 0 Å². The molecule has 2 aromatic rings. The number of rotatable bonds is 3. The maximum Gasteiger partial charge on any atom is 0.254 e. The van der Waals surface area contributed by atoms with Gasteiger partial charge in [-0.2, -0.15) is 9.50 Å². The van der Waals surface area contributed by atoms with Crippen molar-refractivity contribution in [1.82, 2.24) is 24.5 Å². The van der Waals surface area contributed by atoms with Gasteiger partial charge in [-0.3, -0.25) is 4.90 Å². The first kappa shape index (κ1) is 14.3. The Bertz CT molecular complexity index is 632. The zero-order valence-corrected chi connectivity index (χ0v) is 13.4. The summed E-state index contributed by atoms with van der Waals surface area (Å²) in [6.45, 7) is 7.42. The summed E-state index contributed by atoms with van der Waals surface area (Å²) in [6.07, 6.45) is 2.61. The molecule has 6 heteroatoms. The van der Waals surface area contributed by atoms with Crippen molar-refractivity contribution in [2.45, 2.75) is 33.2 Å². The molecule has 0 N–H and O–H groups in total. The van der Waals surface area contributed by atoms with Crippen molar-refractivity contribution in [3.8, 4) is 0 Å². The fourth-order valence-electron chi connectivity index (χ4n) is 3.03. The summed E-state index contributed by atoms with van der Waals surface area (Å²) >= 11 is 0. The lowest BCUT2D eigenvalue weighted by molar-refractivity contribution is 0.173. The maximum atomic E-state index is 4.65. The molecule has 3 rings (SSSR count). The summed E-state index contributed by atoms with van der Waals surface area (Å²) < 4.78 is 1.84. The van der Waals surface area contributed by atoms with E-state index in [2.05, 4.69) is 26.9 Å². The highest BCUT2D eigenvalue weighted by Crippen LogP contribution is 2.18. The van der Waals surface area contributed by atoms with Crippen LogP contribution in [-0.4, -0.2) is 51.7 Å². The highest BCUT2D eigenvalue weighted by Gasteiger charge is 2.19. The lowest BCUT2D eigenvalue weighted by atomic mass is 10.0. The van der Waals surface area contributed by atoms with Crippen LogP contribution in [-0.2, 0) is 6.54 Å². The lowest BCUT2D eigenvalue weighted by Crippen LogP contribution is -2.34. The molecular formula is C15H24N6. The third-order valence-corrected chi connectivity index (χ3v) is 4.03. The minimum atomic E-state index is 0.693. The molecule has 1 atom stereocenters. The van der Waals surface area contributed by atoms with Crippen molar-refractivity contribution in [3.63, 3.8) is 0 Å². The van der Waals surface area contributed by atoms with Crippen molar-refractivity contribution in [2.75, 3.05) is 32.1 Å². The van der Waals surface area contributed by atoms with Crippen LogP contribution in [0.1, 0.15) is 31.3 Å². The van der Waals surface area contributed by atoms with Gasteiger partial charge in [0.15, 0.2) is 5.82 Å². The van der Waals surface area contributed by atoms with E-state index in [1.807, 2.05) is 36.5 Å². The Kier molecular flexibility index (Phi) is 3.80. The summed E-state index contributed by atoms with van der Waals surface area (Å²) in [5.41, 5.74) is 0.969. The van der Waals surface area contributed by atoms with E-state index in [0.717, 1.165) is 42.9 Å². The van der Waals surface area contributed by atoms with Gasteiger partial charge in [0.25, 0.3) is 5.78 Å². The zero-order chi connectivity index (χ0) is 15.0. The standard InChI is InChI=1S/C15H24N6/c1-11-6-5-7-20(9-11)10-13-17-15-16-12(2)8-14(19(3)4)21(15)18-13/h8,11H,5-7,9-10H2,1-4H3. The molecule has 0 bridgehead atoms. The Morgan fingerprint density at radius 2 is 2.14 bits per heavy atom. The number of hydrogen-bond donors (Lipinski definition) is 0. The second-order valence-corrected chi connectivity index (χ2v) is 6.37. The molecule has 1 aliphatic rings. The molecule has 0 saturated carbocycles. The molecular weight excluding hydrogens is 264 g/mol. The Morgan fingerprint density at radius 3 is 2.86 bits per heavy atom. The molecule has 1 saturated heterocycles. The van der Waals surface area contributed by atoms with Crippen LogP contribution in [0.4, 0.5) is 5.82 Å². The van der Waals surface area contributed by atoms with Crippen LogP contribution in [0.25, 0.3) is 5.78 Å². The van der Waals surface area contributed by atoms with Gasteiger partial charge >= 0.3 is 0 Å². The largest absolute Gasteiger partial charge is 0.363 e. The number of piperidine rings is 1. The van der Waals surface area contributed by atoms with Crippen molar-refractivity contribution in [1.29, 1.82) is 0 Å². The molecule has 114 valence electrons. The minimum Gasteiger partial charge on any atom is -0.363 e. The van der Waals surface area contributed by atoms with E-state index in [0.29, 0.717) is 5.78 Å². The predicted molar refractivity (Wildman–Crippen MR) is 83.5 cm³/mol. The number of likely N-dealkylation sites (tertiary alicyclic amines) is 1. The molecule has 0 aromatic carbocycles. The average Bonchev–Trinajstić information content (AvgIpc) is 2.79. The molecule has 21 heavy (non-hydrogen) atoms. The first-order valence-corrected chi connectivity index (χ1v) is 7.66. The molecule has 3 heterocycles. The van der Waals surface area contributed by atoms with E-state index in [4.69, 9.17) is 0 Å². The monoisotopic (exact) mass is 288 g/mol. The Morgan fingerprint density at radius 1 is 1.33 bits per heavy atom. The molecule has 2 aromatic heterocycles. The van der Waals surface area contributed by atoms with Crippen LogP contribution < -0.4 is 4.90 Å². The van der Waals surface area contributed by atoms with Crippen LogP contribution in [0.5, 0.6) is 0 Å². The van der Waals surface area contributed by atoms with Crippen molar-refractivity contribution >= 4 is 11.6 Å². The number of hydrogen-bond acceptors (Lipinski definition) is 5. The Hall–Kier alpha value is -1.69. The molecule has 1 fully saturated rings. The zero-order valence-electron chi connectivity index (χ0n) is 13.4. The predicted octanol–water partition coefficient (Wildman–Crippen LogP) is 1.73. The first-order chi connectivity index (χ1) is 10.0. The van der Waals surface area contributed by atoms with E-state index in [1.165, 1.54) is 12.8 Å². The summed E-state index contributed by atoms with van der Waals surface area (Å²) in [5.74, 6) is 3.35. The van der Waals surface area contributed by atoms with Gasteiger partial charge in [0.05, 0.1) is 6.54 Å². The van der Waals surface area contributed by atoms with Crippen LogP contribution in [0.2, 0.25) is 0 Å². The number of anilines is 1. The molecule has 0 amide bonds. The molecule has 6 nitrogen and oxygen atoms in total. The van der Waals surface area contributed by atoms with Gasteiger partial charge in [-0.1, -0.05) is 6.92 Å². The third kappa shape index (κ3) is 3.00. The second kappa shape index (κ2) is 5.60. The lowest BCUT2D eigenvalue weighted by Gasteiger charge is -2.29. The third-order valence-electron chi connectivity index (χ3n) is 4.03. The van der Waals surface area contributed by atoms with Gasteiger partial charge in [0, 0.05) is 32.4 Å². The van der Waals surface area contributed by atoms with Crippen LogP contribution in [0.15, 0.2) is 6.07 Å². The van der Waals surface area contributed by atoms with Gasteiger partial charge in [-0.05, 0) is 32.2 Å². The Balaban J connectivity index is 1.88. The number of aromatic nitrogens is 4. The van der Waals surface area contributed by atoms with Crippen LogP contribution in [0.3, 0.4) is 0 Å². The van der Waals surface area contributed by atoms with E-state index in [-0.39, 0.29) is 0 Å². The van der Waals surface area contributed by atoms with Gasteiger partial charge < -0.3 is 4.90 Å².